The summed E-state index contributed by atoms with van der Waals surface area (Å²) in [6, 6.07) is 10.2. The fourth-order valence-corrected chi connectivity index (χ4v) is 3.69. The Bertz CT molecular complexity index is 697. The van der Waals surface area contributed by atoms with Gasteiger partial charge in [0.1, 0.15) is 0 Å². The maximum atomic E-state index is 12.4. The van der Waals surface area contributed by atoms with Gasteiger partial charge in [-0.1, -0.05) is 30.3 Å². The number of nitrogens with one attached hydrogen (secondary N) is 2. The molecule has 1 saturated heterocycles. The van der Waals surface area contributed by atoms with Crippen molar-refractivity contribution in [3.63, 3.8) is 0 Å². The van der Waals surface area contributed by atoms with Crippen molar-refractivity contribution in [1.82, 2.24) is 20.1 Å². The highest BCUT2D eigenvalue weighted by Gasteiger charge is 2.22. The lowest BCUT2D eigenvalue weighted by Gasteiger charge is -2.19. The first-order valence-corrected chi connectivity index (χ1v) is 9.76. The Kier molecular flexibility index (Phi) is 6.09. The van der Waals surface area contributed by atoms with Crippen molar-refractivity contribution in [3.05, 3.63) is 41.7 Å². The summed E-state index contributed by atoms with van der Waals surface area (Å²) in [6.45, 7) is 3.92. The summed E-state index contributed by atoms with van der Waals surface area (Å²) in [4.78, 5) is 17.0. The van der Waals surface area contributed by atoms with Crippen molar-refractivity contribution >= 4 is 23.6 Å². The number of aryl methyl sites for hydroxylation is 1. The van der Waals surface area contributed by atoms with Crippen LogP contribution in [0.25, 0.3) is 0 Å². The Morgan fingerprint density at radius 3 is 2.80 bits per heavy atom. The number of nitrogens with zero attached hydrogens (tertiary/aromatic N) is 3. The fraction of sp³-hybridized carbons (Fsp3) is 0.500. The smallest absolute Gasteiger partial charge is 0.239 e. The van der Waals surface area contributed by atoms with E-state index in [9.17, 15) is 4.79 Å². The highest BCUT2D eigenvalue weighted by molar-refractivity contribution is 7.99. The lowest BCUT2D eigenvalue weighted by molar-refractivity contribution is -0.115. The number of benzene rings is 1. The number of rotatable bonds is 6. The number of anilines is 1. The fourth-order valence-electron chi connectivity index (χ4n) is 2.85. The Hall–Kier alpha value is -1.86. The minimum Gasteiger partial charge on any atom is -0.317 e. The molecule has 0 radical (unpaired) electrons. The molecule has 1 fully saturated rings. The van der Waals surface area contributed by atoms with Gasteiger partial charge in [0.05, 0.1) is 5.25 Å². The molecule has 1 unspecified atom stereocenters. The monoisotopic (exact) mass is 359 g/mol. The predicted molar refractivity (Wildman–Crippen MR) is 102 cm³/mol. The van der Waals surface area contributed by atoms with Crippen LogP contribution >= 0.6 is 11.8 Å². The minimum atomic E-state index is -0.153. The number of carbonyl (C=O) groups excluding carboxylic acids is 1. The lowest BCUT2D eigenvalue weighted by Crippen LogP contribution is -2.27. The van der Waals surface area contributed by atoms with Crippen LogP contribution in [-0.4, -0.2) is 39.0 Å². The molecule has 2 aromatic rings. The van der Waals surface area contributed by atoms with Crippen LogP contribution in [-0.2, 0) is 17.6 Å². The van der Waals surface area contributed by atoms with Crippen LogP contribution in [0.3, 0.4) is 0 Å². The van der Waals surface area contributed by atoms with E-state index in [1.807, 2.05) is 32.2 Å². The predicted octanol–water partition coefficient (Wildman–Crippen LogP) is 2.54. The molecule has 0 aliphatic carbocycles. The maximum absolute atomic E-state index is 12.4. The summed E-state index contributed by atoms with van der Waals surface area (Å²) in [5.41, 5.74) is 1.22. The summed E-state index contributed by atoms with van der Waals surface area (Å²) in [7, 11) is 1.83. The molecule has 134 valence electrons. The molecule has 1 aliphatic rings. The van der Waals surface area contributed by atoms with Gasteiger partial charge in [-0.3, -0.25) is 10.1 Å². The van der Waals surface area contributed by atoms with Crippen molar-refractivity contribution in [3.8, 4) is 0 Å². The molecular formula is C18H25N5OS. The van der Waals surface area contributed by atoms with Crippen molar-refractivity contribution in [2.45, 2.75) is 36.7 Å². The Morgan fingerprint density at radius 1 is 1.36 bits per heavy atom. The Morgan fingerprint density at radius 2 is 2.08 bits per heavy atom. The van der Waals surface area contributed by atoms with Crippen LogP contribution in [0, 0.1) is 0 Å². The summed E-state index contributed by atoms with van der Waals surface area (Å²) in [6.07, 6.45) is 2.08. The second-order valence-corrected chi connectivity index (χ2v) is 7.70. The number of hydrogen-bond acceptors (Lipinski definition) is 5. The third-order valence-corrected chi connectivity index (χ3v) is 5.64. The van der Waals surface area contributed by atoms with Gasteiger partial charge in [0.25, 0.3) is 0 Å². The number of piperidine rings is 1. The quantitative estimate of drug-likeness (QED) is 0.829. The molecule has 0 spiro atoms. The van der Waals surface area contributed by atoms with Gasteiger partial charge in [0, 0.05) is 18.7 Å². The molecular weight excluding hydrogens is 334 g/mol. The summed E-state index contributed by atoms with van der Waals surface area (Å²) in [5.74, 6) is 2.53. The van der Waals surface area contributed by atoms with Crippen molar-refractivity contribution in [2.24, 2.45) is 7.05 Å². The van der Waals surface area contributed by atoms with Crippen molar-refractivity contribution in [2.75, 3.05) is 18.4 Å². The van der Waals surface area contributed by atoms with Gasteiger partial charge in [0.15, 0.2) is 5.82 Å². The molecule has 1 atom stereocenters. The number of carbonyl (C=O) groups is 1. The first-order chi connectivity index (χ1) is 12.1. The molecule has 2 heterocycles. The van der Waals surface area contributed by atoms with Crippen LogP contribution in [0.4, 0.5) is 5.95 Å². The highest BCUT2D eigenvalue weighted by atomic mass is 32.2. The first-order valence-electron chi connectivity index (χ1n) is 8.71. The van der Waals surface area contributed by atoms with E-state index >= 15 is 0 Å². The van der Waals surface area contributed by atoms with Crippen LogP contribution in [0.15, 0.2) is 30.3 Å². The molecule has 3 rings (SSSR count). The third kappa shape index (κ3) is 4.83. The van der Waals surface area contributed by atoms with Gasteiger partial charge < -0.3 is 5.32 Å². The van der Waals surface area contributed by atoms with E-state index < -0.39 is 0 Å². The molecule has 7 heteroatoms. The highest BCUT2D eigenvalue weighted by Crippen LogP contribution is 2.24. The number of aromatic nitrogens is 3. The van der Waals surface area contributed by atoms with E-state index in [0.29, 0.717) is 11.9 Å². The maximum Gasteiger partial charge on any atom is 0.239 e. The van der Waals surface area contributed by atoms with Crippen LogP contribution < -0.4 is 10.6 Å². The molecule has 0 bridgehead atoms. The van der Waals surface area contributed by atoms with E-state index in [2.05, 4.69) is 32.8 Å². The summed E-state index contributed by atoms with van der Waals surface area (Å²) >= 11 is 1.62. The molecule has 1 aromatic heterocycles. The number of thioether (sulfide) groups is 1. The van der Waals surface area contributed by atoms with E-state index in [-0.39, 0.29) is 11.2 Å². The molecule has 1 aliphatic heterocycles. The van der Waals surface area contributed by atoms with E-state index in [1.165, 1.54) is 5.56 Å². The summed E-state index contributed by atoms with van der Waals surface area (Å²) < 4.78 is 1.67. The number of amides is 1. The largest absolute Gasteiger partial charge is 0.317 e. The second kappa shape index (κ2) is 8.49. The topological polar surface area (TPSA) is 71.8 Å². The Balaban J connectivity index is 1.55. The van der Waals surface area contributed by atoms with Crippen LogP contribution in [0.1, 0.15) is 37.1 Å². The minimum absolute atomic E-state index is 0.0340. The summed E-state index contributed by atoms with van der Waals surface area (Å²) in [5, 5.41) is 10.6. The normalized spacial score (nSPS) is 16.6. The second-order valence-electron chi connectivity index (χ2n) is 6.37. The third-order valence-electron chi connectivity index (χ3n) is 4.43. The van der Waals surface area contributed by atoms with Crippen LogP contribution in [0.5, 0.6) is 0 Å². The molecule has 0 saturated carbocycles. The van der Waals surface area contributed by atoms with Gasteiger partial charge in [0.2, 0.25) is 11.9 Å². The van der Waals surface area contributed by atoms with Gasteiger partial charge in [-0.2, -0.15) is 10.1 Å². The SMILES string of the molecule is CC(SCc1ccccc1)C(=O)Nc1nc(C2CCNCC2)nn1C. The van der Waals surface area contributed by atoms with Gasteiger partial charge in [-0.05, 0) is 38.4 Å². The molecule has 1 amide bonds. The number of hydrogen-bond donors (Lipinski definition) is 2. The zero-order chi connectivity index (χ0) is 17.6. The average molecular weight is 359 g/mol. The zero-order valence-electron chi connectivity index (χ0n) is 14.7. The molecule has 6 nitrogen and oxygen atoms in total. The lowest BCUT2D eigenvalue weighted by atomic mass is 9.98. The zero-order valence-corrected chi connectivity index (χ0v) is 15.6. The van der Waals surface area contributed by atoms with Gasteiger partial charge >= 0.3 is 0 Å². The van der Waals surface area contributed by atoms with E-state index in [1.54, 1.807) is 16.4 Å². The average Bonchev–Trinajstić information content (AvgIpc) is 3.02. The van der Waals surface area contributed by atoms with E-state index in [0.717, 1.165) is 37.5 Å². The van der Waals surface area contributed by atoms with E-state index in [4.69, 9.17) is 0 Å². The standard InChI is InChI=1S/C18H25N5OS/c1-13(25-12-14-6-4-3-5-7-14)17(24)21-18-20-16(22-23(18)2)15-8-10-19-11-9-15/h3-7,13,15,19H,8-12H2,1-2H3,(H,20,21,22,24). The van der Waals surface area contributed by atoms with Crippen molar-refractivity contribution in [1.29, 1.82) is 0 Å². The molecule has 1 aromatic carbocycles. The Labute approximate surface area is 152 Å². The van der Waals surface area contributed by atoms with Gasteiger partial charge in [-0.15, -0.1) is 11.8 Å². The van der Waals surface area contributed by atoms with Gasteiger partial charge in [-0.25, -0.2) is 4.68 Å². The first kappa shape index (κ1) is 17.9. The molecule has 25 heavy (non-hydrogen) atoms. The van der Waals surface area contributed by atoms with Crippen LogP contribution in [0.2, 0.25) is 0 Å². The van der Waals surface area contributed by atoms with Crippen molar-refractivity contribution < 1.29 is 4.79 Å². The molecule has 2 N–H and O–H groups in total.